The second-order valence-corrected chi connectivity index (χ2v) is 7.52. The van der Waals surface area contributed by atoms with E-state index >= 15 is 0 Å². The molecule has 1 aliphatic heterocycles. The van der Waals surface area contributed by atoms with Crippen molar-refractivity contribution in [3.05, 3.63) is 0 Å². The first kappa shape index (κ1) is 20.0. The van der Waals surface area contributed by atoms with Gasteiger partial charge in [0.25, 0.3) is 0 Å². The zero-order valence-corrected chi connectivity index (χ0v) is 16.2. The van der Waals surface area contributed by atoms with E-state index < -0.39 is 0 Å². The molecule has 1 unspecified atom stereocenters. The van der Waals surface area contributed by atoms with E-state index in [1.165, 1.54) is 19.3 Å². The maximum absolute atomic E-state index is 12.6. The summed E-state index contributed by atoms with van der Waals surface area (Å²) in [6.45, 7) is 7.36. The van der Waals surface area contributed by atoms with Gasteiger partial charge in [-0.1, -0.05) is 19.3 Å². The van der Waals surface area contributed by atoms with Crippen molar-refractivity contribution in [1.82, 2.24) is 15.5 Å². The van der Waals surface area contributed by atoms with Crippen molar-refractivity contribution in [2.75, 3.05) is 33.3 Å². The van der Waals surface area contributed by atoms with Crippen LogP contribution in [0.15, 0.2) is 4.99 Å². The molecular formula is C19H36N4O2. The van der Waals surface area contributed by atoms with Gasteiger partial charge in [-0.3, -0.25) is 9.79 Å². The highest BCUT2D eigenvalue weighted by Crippen LogP contribution is 2.26. The smallest absolute Gasteiger partial charge is 0.225 e. The largest absolute Gasteiger partial charge is 0.379 e. The third kappa shape index (κ3) is 6.84. The van der Waals surface area contributed by atoms with Crippen molar-refractivity contribution in [3.63, 3.8) is 0 Å². The van der Waals surface area contributed by atoms with Crippen LogP contribution in [0.5, 0.6) is 0 Å². The number of likely N-dealkylation sites (tertiary alicyclic amines) is 1. The van der Waals surface area contributed by atoms with E-state index in [2.05, 4.69) is 20.5 Å². The number of amides is 1. The molecule has 0 spiro atoms. The van der Waals surface area contributed by atoms with Crippen LogP contribution < -0.4 is 10.6 Å². The van der Waals surface area contributed by atoms with Gasteiger partial charge in [0.05, 0.1) is 6.10 Å². The molecule has 0 aromatic heterocycles. The number of ether oxygens (including phenoxy) is 1. The number of carbonyl (C=O) groups is 1. The van der Waals surface area contributed by atoms with Crippen LogP contribution in [0.2, 0.25) is 0 Å². The Balaban J connectivity index is 1.67. The SMILES string of the molecule is CN=C(NCCCOC(C)C)NC1CCN(C(=O)C2CCCCC2)C1. The second-order valence-electron chi connectivity index (χ2n) is 7.52. The van der Waals surface area contributed by atoms with E-state index in [1.807, 2.05) is 13.8 Å². The summed E-state index contributed by atoms with van der Waals surface area (Å²) in [4.78, 5) is 19.0. The molecule has 6 heteroatoms. The summed E-state index contributed by atoms with van der Waals surface area (Å²) < 4.78 is 5.54. The zero-order valence-electron chi connectivity index (χ0n) is 16.2. The number of hydrogen-bond acceptors (Lipinski definition) is 3. The summed E-state index contributed by atoms with van der Waals surface area (Å²) in [7, 11) is 1.79. The molecule has 1 heterocycles. The molecule has 6 nitrogen and oxygen atoms in total. The lowest BCUT2D eigenvalue weighted by atomic mass is 9.88. The Morgan fingerprint density at radius 2 is 2.00 bits per heavy atom. The highest BCUT2D eigenvalue weighted by atomic mass is 16.5. The highest BCUT2D eigenvalue weighted by Gasteiger charge is 2.31. The molecule has 2 rings (SSSR count). The Morgan fingerprint density at radius 3 is 2.68 bits per heavy atom. The van der Waals surface area contributed by atoms with Crippen LogP contribution >= 0.6 is 0 Å². The number of nitrogens with one attached hydrogen (secondary N) is 2. The van der Waals surface area contributed by atoms with Crippen LogP contribution in [-0.4, -0.2) is 62.2 Å². The van der Waals surface area contributed by atoms with Gasteiger partial charge in [-0.25, -0.2) is 0 Å². The first-order chi connectivity index (χ1) is 12.1. The molecule has 0 aromatic rings. The summed E-state index contributed by atoms with van der Waals surface area (Å²) >= 11 is 0. The molecule has 2 N–H and O–H groups in total. The summed E-state index contributed by atoms with van der Waals surface area (Å²) in [5, 5.41) is 6.79. The average molecular weight is 353 g/mol. The van der Waals surface area contributed by atoms with E-state index in [9.17, 15) is 4.79 Å². The topological polar surface area (TPSA) is 66.0 Å². The van der Waals surface area contributed by atoms with Crippen molar-refractivity contribution in [3.8, 4) is 0 Å². The molecule has 1 saturated heterocycles. The van der Waals surface area contributed by atoms with Gasteiger partial charge in [-0.2, -0.15) is 0 Å². The Bertz CT molecular complexity index is 433. The minimum Gasteiger partial charge on any atom is -0.379 e. The first-order valence-electron chi connectivity index (χ1n) is 9.97. The van der Waals surface area contributed by atoms with E-state index in [4.69, 9.17) is 4.74 Å². The van der Waals surface area contributed by atoms with Gasteiger partial charge in [-0.15, -0.1) is 0 Å². The number of aliphatic imine (C=N–C) groups is 1. The zero-order chi connectivity index (χ0) is 18.1. The van der Waals surface area contributed by atoms with E-state index in [-0.39, 0.29) is 12.0 Å². The summed E-state index contributed by atoms with van der Waals surface area (Å²) in [5.41, 5.74) is 0. The van der Waals surface area contributed by atoms with Crippen molar-refractivity contribution in [2.24, 2.45) is 10.9 Å². The van der Waals surface area contributed by atoms with Crippen LogP contribution in [0, 0.1) is 5.92 Å². The molecule has 2 aliphatic rings. The third-order valence-corrected chi connectivity index (χ3v) is 5.08. The normalized spacial score (nSPS) is 22.5. The van der Waals surface area contributed by atoms with Gasteiger partial charge in [0.1, 0.15) is 0 Å². The number of nitrogens with zero attached hydrogens (tertiary/aromatic N) is 2. The summed E-state index contributed by atoms with van der Waals surface area (Å²) in [6, 6.07) is 0.297. The standard InChI is InChI=1S/C19H36N4O2/c1-15(2)25-13-7-11-21-19(20-3)22-17-10-12-23(14-17)18(24)16-8-5-4-6-9-16/h15-17H,4-14H2,1-3H3,(H2,20,21,22). The minimum atomic E-state index is 0.269. The number of rotatable bonds is 7. The Morgan fingerprint density at radius 1 is 1.24 bits per heavy atom. The fourth-order valence-electron chi connectivity index (χ4n) is 3.67. The molecule has 1 aliphatic carbocycles. The quantitative estimate of drug-likeness (QED) is 0.419. The van der Waals surface area contributed by atoms with Crippen molar-refractivity contribution in [2.45, 2.75) is 70.9 Å². The lowest BCUT2D eigenvalue weighted by Crippen LogP contribution is -2.45. The molecule has 2 fully saturated rings. The molecule has 1 atom stereocenters. The lowest BCUT2D eigenvalue weighted by Gasteiger charge is -2.26. The molecule has 1 saturated carbocycles. The van der Waals surface area contributed by atoms with Crippen LogP contribution in [-0.2, 0) is 9.53 Å². The summed E-state index contributed by atoms with van der Waals surface area (Å²) in [5.74, 6) is 1.46. The summed E-state index contributed by atoms with van der Waals surface area (Å²) in [6.07, 6.45) is 8.10. The molecule has 144 valence electrons. The van der Waals surface area contributed by atoms with Gasteiger partial charge in [-0.05, 0) is 39.5 Å². The Kier molecular flexibility index (Phi) is 8.52. The van der Waals surface area contributed by atoms with E-state index in [0.29, 0.717) is 11.9 Å². The van der Waals surface area contributed by atoms with Crippen LogP contribution in [0.3, 0.4) is 0 Å². The predicted octanol–water partition coefficient (Wildman–Crippen LogP) is 2.15. The third-order valence-electron chi connectivity index (χ3n) is 5.08. The number of carbonyl (C=O) groups excluding carboxylic acids is 1. The van der Waals surface area contributed by atoms with Crippen molar-refractivity contribution >= 4 is 11.9 Å². The van der Waals surface area contributed by atoms with E-state index in [0.717, 1.165) is 57.9 Å². The fraction of sp³-hybridized carbons (Fsp3) is 0.895. The van der Waals surface area contributed by atoms with Crippen LogP contribution in [0.1, 0.15) is 58.8 Å². The maximum Gasteiger partial charge on any atom is 0.225 e. The molecule has 0 bridgehead atoms. The average Bonchev–Trinajstić information content (AvgIpc) is 3.08. The molecule has 1 amide bonds. The maximum atomic E-state index is 12.6. The molecular weight excluding hydrogens is 316 g/mol. The fourth-order valence-corrected chi connectivity index (χ4v) is 3.67. The van der Waals surface area contributed by atoms with Crippen LogP contribution in [0.4, 0.5) is 0 Å². The van der Waals surface area contributed by atoms with Crippen molar-refractivity contribution < 1.29 is 9.53 Å². The Labute approximate surface area is 152 Å². The Hall–Kier alpha value is -1.30. The number of hydrogen-bond donors (Lipinski definition) is 2. The van der Waals surface area contributed by atoms with Crippen LogP contribution in [0.25, 0.3) is 0 Å². The van der Waals surface area contributed by atoms with E-state index in [1.54, 1.807) is 7.05 Å². The molecule has 0 radical (unpaired) electrons. The van der Waals surface area contributed by atoms with Gasteiger partial charge < -0.3 is 20.3 Å². The first-order valence-corrected chi connectivity index (χ1v) is 9.97. The highest BCUT2D eigenvalue weighted by molar-refractivity contribution is 5.81. The minimum absolute atomic E-state index is 0.269. The molecule has 25 heavy (non-hydrogen) atoms. The number of guanidine groups is 1. The predicted molar refractivity (Wildman–Crippen MR) is 102 cm³/mol. The molecule has 0 aromatic carbocycles. The van der Waals surface area contributed by atoms with Gasteiger partial charge >= 0.3 is 0 Å². The van der Waals surface area contributed by atoms with Gasteiger partial charge in [0.15, 0.2) is 5.96 Å². The lowest BCUT2D eigenvalue weighted by molar-refractivity contribution is -0.135. The van der Waals surface area contributed by atoms with Crippen molar-refractivity contribution in [1.29, 1.82) is 0 Å². The second kappa shape index (κ2) is 10.6. The van der Waals surface area contributed by atoms with Gasteiger partial charge in [0, 0.05) is 45.2 Å². The monoisotopic (exact) mass is 352 g/mol. The van der Waals surface area contributed by atoms with Gasteiger partial charge in [0.2, 0.25) is 5.91 Å².